The fourth-order valence-corrected chi connectivity index (χ4v) is 9.06. The summed E-state index contributed by atoms with van der Waals surface area (Å²) in [5, 5.41) is 2.65. The van der Waals surface area contributed by atoms with E-state index in [1.165, 1.54) is 19.6 Å². The van der Waals surface area contributed by atoms with E-state index in [2.05, 4.69) is 89.8 Å². The number of para-hydroxylation sites is 4. The van der Waals surface area contributed by atoms with Crippen LogP contribution in [0.15, 0.2) is 170 Å². The first-order valence-corrected chi connectivity index (χ1v) is 17.9. The Kier molecular flexibility index (Phi) is 6.69. The normalized spacial score (nSPS) is 12.8. The van der Waals surface area contributed by atoms with Crippen LogP contribution in [0.25, 0.3) is 33.1 Å². The molecule has 0 N–H and O–H groups in total. The zero-order valence-electron chi connectivity index (χ0n) is 25.7. The van der Waals surface area contributed by atoms with Crippen molar-refractivity contribution < 1.29 is 13.9 Å². The monoisotopic (exact) mass is 689 g/mol. The van der Waals surface area contributed by atoms with E-state index >= 15 is 0 Å². The Balaban J connectivity index is 1.12. The molecule has 0 aliphatic carbocycles. The lowest BCUT2D eigenvalue weighted by Gasteiger charge is -2.31. The Morgan fingerprint density at radius 1 is 0.531 bits per heavy atom. The highest BCUT2D eigenvalue weighted by Gasteiger charge is 2.27. The topological polar surface area (TPSA) is 34.8 Å². The summed E-state index contributed by atoms with van der Waals surface area (Å²) in [6.45, 7) is 0. The van der Waals surface area contributed by atoms with Crippen LogP contribution in [0.1, 0.15) is 0 Å². The number of furan rings is 1. The van der Waals surface area contributed by atoms with Gasteiger partial charge in [-0.05, 0) is 90.0 Å². The first kappa shape index (κ1) is 28.7. The minimum Gasteiger partial charge on any atom is -0.454 e. The SMILES string of the molecule is Clc1ccc(-c2ccc(N(c3ccc4c(c3)Sc3ccccc3S4)c3cccc4c3Oc3ccccc3O4)cc2)c2c1oc1ccccc12. The maximum atomic E-state index is 6.63. The van der Waals surface area contributed by atoms with E-state index in [1.54, 1.807) is 11.8 Å². The average molecular weight is 690 g/mol. The Labute approximate surface area is 295 Å². The van der Waals surface area contributed by atoms with E-state index in [0.717, 1.165) is 44.5 Å². The van der Waals surface area contributed by atoms with Crippen molar-refractivity contribution in [2.24, 2.45) is 0 Å². The molecule has 8 aromatic rings. The molecule has 10 rings (SSSR count). The maximum Gasteiger partial charge on any atom is 0.194 e. The molecule has 234 valence electrons. The van der Waals surface area contributed by atoms with Crippen LogP contribution in [0.3, 0.4) is 0 Å². The molecule has 0 spiro atoms. The molecule has 0 unspecified atom stereocenters. The molecule has 1 aromatic heterocycles. The zero-order chi connectivity index (χ0) is 32.5. The lowest BCUT2D eigenvalue weighted by molar-refractivity contribution is 0.360. The number of ether oxygens (including phenoxy) is 2. The van der Waals surface area contributed by atoms with Gasteiger partial charge < -0.3 is 18.8 Å². The van der Waals surface area contributed by atoms with E-state index in [1.807, 2.05) is 72.4 Å². The molecule has 2 aliphatic heterocycles. The van der Waals surface area contributed by atoms with Gasteiger partial charge in [0, 0.05) is 41.7 Å². The average Bonchev–Trinajstić information content (AvgIpc) is 3.55. The van der Waals surface area contributed by atoms with Gasteiger partial charge in [-0.3, -0.25) is 0 Å². The van der Waals surface area contributed by atoms with Crippen molar-refractivity contribution >= 4 is 74.1 Å². The molecule has 0 bridgehead atoms. The number of hydrogen-bond donors (Lipinski definition) is 0. The second-order valence-electron chi connectivity index (χ2n) is 11.8. The van der Waals surface area contributed by atoms with Gasteiger partial charge in [0.05, 0.1) is 10.7 Å². The van der Waals surface area contributed by atoms with E-state index in [0.29, 0.717) is 33.6 Å². The number of hydrogen-bond acceptors (Lipinski definition) is 6. The molecule has 0 saturated carbocycles. The van der Waals surface area contributed by atoms with Crippen molar-refractivity contribution in [3.8, 4) is 34.1 Å². The van der Waals surface area contributed by atoms with Crippen LogP contribution in [0.4, 0.5) is 17.1 Å². The van der Waals surface area contributed by atoms with Crippen molar-refractivity contribution in [2.75, 3.05) is 4.90 Å². The Morgan fingerprint density at radius 2 is 1.20 bits per heavy atom. The van der Waals surface area contributed by atoms with Gasteiger partial charge in [0.2, 0.25) is 0 Å². The van der Waals surface area contributed by atoms with Crippen molar-refractivity contribution in [2.45, 2.75) is 19.6 Å². The second-order valence-corrected chi connectivity index (χ2v) is 14.4. The number of halogens is 1. The van der Waals surface area contributed by atoms with E-state index in [-0.39, 0.29) is 0 Å². The minimum absolute atomic E-state index is 0.599. The lowest BCUT2D eigenvalue weighted by atomic mass is 9.99. The molecule has 0 fully saturated rings. The van der Waals surface area contributed by atoms with Gasteiger partial charge in [0.15, 0.2) is 28.6 Å². The molecule has 2 aliphatic rings. The summed E-state index contributed by atoms with van der Waals surface area (Å²) < 4.78 is 19.1. The summed E-state index contributed by atoms with van der Waals surface area (Å²) in [7, 11) is 0. The van der Waals surface area contributed by atoms with Crippen LogP contribution >= 0.6 is 35.1 Å². The fourth-order valence-electron chi connectivity index (χ4n) is 6.62. The molecule has 0 amide bonds. The number of fused-ring (bicyclic) bond motifs is 7. The van der Waals surface area contributed by atoms with E-state index in [4.69, 9.17) is 25.5 Å². The zero-order valence-corrected chi connectivity index (χ0v) is 28.1. The van der Waals surface area contributed by atoms with Gasteiger partial charge in [-0.1, -0.05) is 102 Å². The number of nitrogens with zero attached hydrogens (tertiary/aromatic N) is 1. The molecule has 7 aromatic carbocycles. The van der Waals surface area contributed by atoms with E-state index < -0.39 is 0 Å². The predicted molar refractivity (Wildman–Crippen MR) is 200 cm³/mol. The third-order valence-corrected chi connectivity index (χ3v) is 11.7. The quantitative estimate of drug-likeness (QED) is 0.183. The van der Waals surface area contributed by atoms with Crippen LogP contribution in [0.5, 0.6) is 23.0 Å². The molecule has 7 heteroatoms. The van der Waals surface area contributed by atoms with Crippen LogP contribution in [-0.2, 0) is 0 Å². The van der Waals surface area contributed by atoms with Gasteiger partial charge in [-0.25, -0.2) is 0 Å². The lowest BCUT2D eigenvalue weighted by Crippen LogP contribution is -2.13. The summed E-state index contributed by atoms with van der Waals surface area (Å²) >= 11 is 10.2. The van der Waals surface area contributed by atoms with Gasteiger partial charge in [-0.2, -0.15) is 0 Å². The van der Waals surface area contributed by atoms with Crippen molar-refractivity contribution in [1.29, 1.82) is 0 Å². The van der Waals surface area contributed by atoms with Crippen molar-refractivity contribution in [1.82, 2.24) is 0 Å². The molecule has 0 radical (unpaired) electrons. The first-order valence-electron chi connectivity index (χ1n) is 15.8. The van der Waals surface area contributed by atoms with Gasteiger partial charge in [0.25, 0.3) is 0 Å². The Bertz CT molecular complexity index is 2600. The first-order chi connectivity index (χ1) is 24.2. The molecular formula is C42H24ClNO3S2. The van der Waals surface area contributed by atoms with Crippen molar-refractivity contribution in [3.05, 3.63) is 151 Å². The third-order valence-electron chi connectivity index (χ3n) is 8.87. The van der Waals surface area contributed by atoms with Crippen LogP contribution in [-0.4, -0.2) is 0 Å². The largest absolute Gasteiger partial charge is 0.454 e. The van der Waals surface area contributed by atoms with Gasteiger partial charge >= 0.3 is 0 Å². The highest BCUT2D eigenvalue weighted by Crippen LogP contribution is 2.54. The van der Waals surface area contributed by atoms with Gasteiger partial charge in [0.1, 0.15) is 5.58 Å². The van der Waals surface area contributed by atoms with Gasteiger partial charge in [-0.15, -0.1) is 0 Å². The van der Waals surface area contributed by atoms with Crippen LogP contribution in [0.2, 0.25) is 5.02 Å². The summed E-state index contributed by atoms with van der Waals surface area (Å²) in [4.78, 5) is 7.25. The summed E-state index contributed by atoms with van der Waals surface area (Å²) in [5.41, 5.74) is 6.52. The smallest absolute Gasteiger partial charge is 0.194 e. The molecular weight excluding hydrogens is 666 g/mol. The Morgan fingerprint density at radius 3 is 2.04 bits per heavy atom. The number of rotatable bonds is 4. The van der Waals surface area contributed by atoms with E-state index in [9.17, 15) is 0 Å². The predicted octanol–water partition coefficient (Wildman–Crippen LogP) is 13.9. The highest BCUT2D eigenvalue weighted by atomic mass is 35.5. The van der Waals surface area contributed by atoms with Crippen molar-refractivity contribution in [3.63, 3.8) is 0 Å². The maximum absolute atomic E-state index is 6.63. The molecule has 49 heavy (non-hydrogen) atoms. The highest BCUT2D eigenvalue weighted by molar-refractivity contribution is 8.05. The number of benzene rings is 7. The summed E-state index contributed by atoms with van der Waals surface area (Å²) in [6.07, 6.45) is 0. The standard InChI is InChI=1S/C42H24ClNO3S2/c43-30-22-21-28(40-29-8-1-2-10-32(29)46-41(30)40)25-16-18-26(19-17-25)44(27-20-23-38-39(24-27)49-37-15-6-5-14-36(37)48-38)31-9-7-13-35-42(31)47-34-12-4-3-11-33(34)45-35/h1-24H. The molecule has 0 saturated heterocycles. The third kappa shape index (κ3) is 4.78. The summed E-state index contributed by atoms with van der Waals surface area (Å²) in [6, 6.07) is 49.8. The fraction of sp³-hybridized carbons (Fsp3) is 0. The minimum atomic E-state index is 0.599. The second kappa shape index (κ2) is 11.4. The molecule has 0 atom stereocenters. The van der Waals surface area contributed by atoms with Crippen LogP contribution in [0, 0.1) is 0 Å². The Hall–Kier alpha value is -5.27. The van der Waals surface area contributed by atoms with Crippen LogP contribution < -0.4 is 14.4 Å². The number of anilines is 3. The summed E-state index contributed by atoms with van der Waals surface area (Å²) in [5.74, 6) is 2.72. The molecule has 3 heterocycles. The molecule has 4 nitrogen and oxygen atoms in total.